The van der Waals surface area contributed by atoms with Crippen LogP contribution in [-0.2, 0) is 34.0 Å². The van der Waals surface area contributed by atoms with Gasteiger partial charge in [0.1, 0.15) is 5.82 Å². The fourth-order valence-corrected chi connectivity index (χ4v) is 5.15. The molecule has 1 aromatic heterocycles. The van der Waals surface area contributed by atoms with E-state index in [1.807, 2.05) is 10.8 Å². The van der Waals surface area contributed by atoms with Gasteiger partial charge in [0.25, 0.3) is 0 Å². The third-order valence-corrected chi connectivity index (χ3v) is 6.34. The minimum atomic E-state index is -2.89. The summed E-state index contributed by atoms with van der Waals surface area (Å²) in [6.45, 7) is 0.473. The molecule has 0 aromatic carbocycles. The number of fused-ring (bicyclic) bond motifs is 1. The van der Waals surface area contributed by atoms with Crippen molar-refractivity contribution < 1.29 is 18.3 Å². The van der Waals surface area contributed by atoms with Gasteiger partial charge in [-0.05, 0) is 31.6 Å². The lowest BCUT2D eigenvalue weighted by Crippen LogP contribution is -2.26. The third-order valence-electron chi connectivity index (χ3n) is 4.45. The van der Waals surface area contributed by atoms with Gasteiger partial charge in [0, 0.05) is 19.2 Å². The van der Waals surface area contributed by atoms with Crippen molar-refractivity contribution in [1.29, 1.82) is 0 Å². The van der Waals surface area contributed by atoms with Crippen molar-refractivity contribution in [2.24, 2.45) is 11.8 Å². The quantitative estimate of drug-likeness (QED) is 0.895. The number of rotatable bonds is 3. The summed E-state index contributed by atoms with van der Waals surface area (Å²) in [5.41, 5.74) is 0.901. The van der Waals surface area contributed by atoms with E-state index in [1.165, 1.54) is 0 Å². The van der Waals surface area contributed by atoms with Crippen molar-refractivity contribution in [2.45, 2.75) is 38.6 Å². The van der Waals surface area contributed by atoms with Crippen molar-refractivity contribution >= 4 is 15.8 Å². The number of sulfone groups is 1. The van der Waals surface area contributed by atoms with Gasteiger partial charge in [-0.1, -0.05) is 0 Å². The fraction of sp³-hybridized carbons (Fsp3) is 0.714. The molecule has 1 aromatic rings. The first-order valence-electron chi connectivity index (χ1n) is 7.41. The van der Waals surface area contributed by atoms with Gasteiger partial charge in [0.05, 0.1) is 23.1 Å². The Kier molecular flexibility index (Phi) is 3.77. The van der Waals surface area contributed by atoms with E-state index >= 15 is 0 Å². The molecule has 0 bridgehead atoms. The number of hydrogen-bond acceptors (Lipinski definition) is 4. The van der Waals surface area contributed by atoms with Gasteiger partial charge in [-0.25, -0.2) is 13.4 Å². The minimum absolute atomic E-state index is 0.149. The maximum Gasteiger partial charge on any atom is 0.308 e. The van der Waals surface area contributed by atoms with Crippen LogP contribution in [0.2, 0.25) is 0 Å². The first kappa shape index (κ1) is 14.6. The van der Waals surface area contributed by atoms with Crippen molar-refractivity contribution in [1.82, 2.24) is 9.55 Å². The van der Waals surface area contributed by atoms with E-state index in [-0.39, 0.29) is 17.6 Å². The molecule has 2 atom stereocenters. The number of carboxylic acids is 1. The number of hydrogen-bond donors (Lipinski definition) is 1. The molecule has 2 aliphatic heterocycles. The van der Waals surface area contributed by atoms with Crippen molar-refractivity contribution in [3.8, 4) is 0 Å². The van der Waals surface area contributed by atoms with Crippen LogP contribution >= 0.6 is 0 Å². The third kappa shape index (κ3) is 3.28. The van der Waals surface area contributed by atoms with Crippen LogP contribution in [0.15, 0.2) is 6.20 Å². The van der Waals surface area contributed by atoms with E-state index in [0.717, 1.165) is 24.4 Å². The number of aliphatic carboxylic acids is 1. The SMILES string of the molecule is O=C(O)C1CCc2nc(CC3CCCS(=O)(=O)C3)cn2C1. The van der Waals surface area contributed by atoms with Crippen LogP contribution < -0.4 is 0 Å². The van der Waals surface area contributed by atoms with Gasteiger partial charge >= 0.3 is 5.97 Å². The molecule has 0 aliphatic carbocycles. The molecule has 0 amide bonds. The molecule has 1 N–H and O–H groups in total. The highest BCUT2D eigenvalue weighted by molar-refractivity contribution is 7.91. The maximum atomic E-state index is 11.7. The van der Waals surface area contributed by atoms with E-state index in [4.69, 9.17) is 5.11 Å². The summed E-state index contributed by atoms with van der Waals surface area (Å²) in [7, 11) is -2.89. The van der Waals surface area contributed by atoms with Gasteiger partial charge in [0.15, 0.2) is 9.84 Å². The number of carbonyl (C=O) groups is 1. The number of imidazole rings is 1. The van der Waals surface area contributed by atoms with Gasteiger partial charge in [-0.15, -0.1) is 0 Å². The molecule has 116 valence electrons. The molecule has 3 rings (SSSR count). The lowest BCUT2D eigenvalue weighted by molar-refractivity contribution is -0.142. The van der Waals surface area contributed by atoms with Crippen LogP contribution in [0.1, 0.15) is 30.8 Å². The smallest absolute Gasteiger partial charge is 0.308 e. The van der Waals surface area contributed by atoms with Crippen LogP contribution in [0.5, 0.6) is 0 Å². The van der Waals surface area contributed by atoms with E-state index in [2.05, 4.69) is 4.98 Å². The van der Waals surface area contributed by atoms with Gasteiger partial charge < -0.3 is 9.67 Å². The Labute approximate surface area is 124 Å². The summed E-state index contributed by atoms with van der Waals surface area (Å²) in [4.78, 5) is 15.6. The molecule has 3 heterocycles. The fourth-order valence-electron chi connectivity index (χ4n) is 3.38. The Bertz CT molecular complexity index is 650. The van der Waals surface area contributed by atoms with Crippen molar-refractivity contribution in [2.75, 3.05) is 11.5 Å². The molecule has 0 saturated carbocycles. The summed E-state index contributed by atoms with van der Waals surface area (Å²) in [5, 5.41) is 9.09. The highest BCUT2D eigenvalue weighted by Gasteiger charge is 2.28. The molecule has 7 heteroatoms. The Morgan fingerprint density at radius 3 is 2.95 bits per heavy atom. The van der Waals surface area contributed by atoms with Crippen LogP contribution in [0.4, 0.5) is 0 Å². The number of nitrogens with zero attached hydrogens (tertiary/aromatic N) is 2. The largest absolute Gasteiger partial charge is 0.481 e. The second kappa shape index (κ2) is 5.44. The number of aromatic nitrogens is 2. The zero-order valence-electron chi connectivity index (χ0n) is 11.9. The van der Waals surface area contributed by atoms with E-state index in [0.29, 0.717) is 31.6 Å². The predicted molar refractivity (Wildman–Crippen MR) is 76.8 cm³/mol. The van der Waals surface area contributed by atoms with Crippen LogP contribution in [-0.4, -0.2) is 40.6 Å². The summed E-state index contributed by atoms with van der Waals surface area (Å²) < 4.78 is 25.3. The van der Waals surface area contributed by atoms with Crippen LogP contribution in [0.25, 0.3) is 0 Å². The van der Waals surface area contributed by atoms with Gasteiger partial charge in [-0.3, -0.25) is 4.79 Å². The normalized spacial score (nSPS) is 28.0. The summed E-state index contributed by atoms with van der Waals surface area (Å²) in [6, 6.07) is 0. The molecule has 1 fully saturated rings. The van der Waals surface area contributed by atoms with Gasteiger partial charge in [0.2, 0.25) is 0 Å². The topological polar surface area (TPSA) is 89.3 Å². The molecule has 21 heavy (non-hydrogen) atoms. The highest BCUT2D eigenvalue weighted by atomic mass is 32.2. The van der Waals surface area contributed by atoms with Gasteiger partial charge in [-0.2, -0.15) is 0 Å². The average Bonchev–Trinajstić information content (AvgIpc) is 2.78. The standard InChI is InChI=1S/C14H20N2O4S/c17-14(18)11-3-4-13-15-12(8-16(13)7-11)6-10-2-1-5-21(19,20)9-10/h8,10-11H,1-7,9H2,(H,17,18). The Balaban J connectivity index is 1.69. The van der Waals surface area contributed by atoms with Crippen LogP contribution in [0.3, 0.4) is 0 Å². The first-order valence-corrected chi connectivity index (χ1v) is 9.23. The number of aryl methyl sites for hydroxylation is 1. The van der Waals surface area contributed by atoms with E-state index in [1.54, 1.807) is 0 Å². The highest BCUT2D eigenvalue weighted by Crippen LogP contribution is 2.25. The summed E-state index contributed by atoms with van der Waals surface area (Å²) in [6.07, 6.45) is 5.56. The minimum Gasteiger partial charge on any atom is -0.481 e. The molecule has 2 aliphatic rings. The molecular weight excluding hydrogens is 292 g/mol. The maximum absolute atomic E-state index is 11.7. The van der Waals surface area contributed by atoms with Crippen molar-refractivity contribution in [3.05, 3.63) is 17.7 Å². The zero-order chi connectivity index (χ0) is 15.0. The van der Waals surface area contributed by atoms with E-state index < -0.39 is 15.8 Å². The molecular formula is C14H20N2O4S. The van der Waals surface area contributed by atoms with Crippen molar-refractivity contribution in [3.63, 3.8) is 0 Å². The van der Waals surface area contributed by atoms with E-state index in [9.17, 15) is 13.2 Å². The lowest BCUT2D eigenvalue weighted by atomic mass is 10.00. The molecule has 1 saturated heterocycles. The zero-order valence-corrected chi connectivity index (χ0v) is 12.7. The first-order chi connectivity index (χ1) is 9.93. The molecule has 6 nitrogen and oxygen atoms in total. The Morgan fingerprint density at radius 2 is 2.24 bits per heavy atom. The molecule has 0 spiro atoms. The molecule has 2 unspecified atom stereocenters. The summed E-state index contributed by atoms with van der Waals surface area (Å²) >= 11 is 0. The summed E-state index contributed by atoms with van der Waals surface area (Å²) in [5.74, 6) is 0.553. The Hall–Kier alpha value is -1.37. The monoisotopic (exact) mass is 312 g/mol. The number of carboxylic acid groups (broad SMARTS) is 1. The lowest BCUT2D eigenvalue weighted by Gasteiger charge is -2.20. The van der Waals surface area contributed by atoms with Crippen LogP contribution in [0, 0.1) is 11.8 Å². The Morgan fingerprint density at radius 1 is 1.43 bits per heavy atom. The molecule has 0 radical (unpaired) electrons. The second-order valence-electron chi connectivity index (χ2n) is 6.20. The predicted octanol–water partition coefficient (Wildman–Crippen LogP) is 0.897. The second-order valence-corrected chi connectivity index (χ2v) is 8.43. The average molecular weight is 312 g/mol.